The molecule has 1 aromatic carbocycles. The highest BCUT2D eigenvalue weighted by Crippen LogP contribution is 2.08. The summed E-state index contributed by atoms with van der Waals surface area (Å²) >= 11 is 0. The Morgan fingerprint density at radius 2 is 1.74 bits per heavy atom. The maximum atomic E-state index is 11.3. The van der Waals surface area contributed by atoms with E-state index in [9.17, 15) is 9.59 Å². The van der Waals surface area contributed by atoms with E-state index in [1.807, 2.05) is 41.8 Å². The van der Waals surface area contributed by atoms with Gasteiger partial charge in [0.1, 0.15) is 17.3 Å². The maximum absolute atomic E-state index is 11.3. The Hall–Kier alpha value is -3.42. The van der Waals surface area contributed by atoms with E-state index in [1.54, 1.807) is 13.1 Å². The van der Waals surface area contributed by atoms with Gasteiger partial charge in [0.05, 0.1) is 20.4 Å². The van der Waals surface area contributed by atoms with E-state index in [2.05, 4.69) is 24.4 Å². The number of carbonyl (C=O) groups is 2. The zero-order valence-electron chi connectivity index (χ0n) is 15.7. The van der Waals surface area contributed by atoms with Gasteiger partial charge in [-0.25, -0.2) is 19.6 Å². The number of rotatable bonds is 4. The number of hydrogen-bond donors (Lipinski definition) is 1. The predicted octanol–water partition coefficient (Wildman–Crippen LogP) is 2.53. The third kappa shape index (κ3) is 5.53. The molecule has 0 aliphatic carbocycles. The molecule has 0 unspecified atom stereocenters. The van der Waals surface area contributed by atoms with Crippen molar-refractivity contribution in [1.29, 1.82) is 0 Å². The molecule has 27 heavy (non-hydrogen) atoms. The number of aromatic nitrogens is 4. The Morgan fingerprint density at radius 1 is 1.07 bits per heavy atom. The van der Waals surface area contributed by atoms with Crippen LogP contribution >= 0.6 is 0 Å². The first-order chi connectivity index (χ1) is 12.9. The van der Waals surface area contributed by atoms with Crippen molar-refractivity contribution in [3.8, 4) is 0 Å². The Labute approximate surface area is 157 Å². The molecule has 2 aromatic heterocycles. The number of nitrogens with one attached hydrogen (secondary N) is 1. The summed E-state index contributed by atoms with van der Waals surface area (Å²) in [5.74, 6) is 0.718. The Morgan fingerprint density at radius 3 is 2.30 bits per heavy atom. The molecule has 0 fully saturated rings. The first-order valence-corrected chi connectivity index (χ1v) is 8.20. The number of benzene rings is 1. The Kier molecular flexibility index (Phi) is 6.87. The molecule has 0 spiro atoms. The fourth-order valence-electron chi connectivity index (χ4n) is 2.29. The van der Waals surface area contributed by atoms with Gasteiger partial charge >= 0.3 is 11.9 Å². The predicted molar refractivity (Wildman–Crippen MR) is 98.5 cm³/mol. The van der Waals surface area contributed by atoms with Crippen LogP contribution in [0.15, 0.2) is 42.7 Å². The molecule has 0 aliphatic heterocycles. The van der Waals surface area contributed by atoms with E-state index in [-0.39, 0.29) is 5.97 Å². The minimum atomic E-state index is -0.403. The molecule has 0 saturated heterocycles. The summed E-state index contributed by atoms with van der Waals surface area (Å²) in [6, 6.07) is 10.0. The first kappa shape index (κ1) is 19.9. The zero-order valence-corrected chi connectivity index (χ0v) is 15.7. The molecule has 3 rings (SSSR count). The van der Waals surface area contributed by atoms with E-state index < -0.39 is 5.97 Å². The maximum Gasteiger partial charge on any atom is 0.358 e. The average molecular weight is 370 g/mol. The fraction of sp³-hybridized carbons (Fsp3) is 0.263. The minimum absolute atomic E-state index is 0.348. The van der Waals surface area contributed by atoms with Gasteiger partial charge in [-0.05, 0) is 19.4 Å². The molecule has 8 heteroatoms. The number of imidazole rings is 2. The molecule has 1 N–H and O–H groups in total. The van der Waals surface area contributed by atoms with Crippen molar-refractivity contribution in [3.05, 3.63) is 71.3 Å². The molecular weight excluding hydrogens is 348 g/mol. The summed E-state index contributed by atoms with van der Waals surface area (Å²) in [5, 5.41) is 0. The SMILES string of the molecule is COC(=O)c1cn(Cc2ccccc2)c(C)n1.COC(=O)c1cnc(C)[nH]1. The minimum Gasteiger partial charge on any atom is -0.464 e. The number of H-pyrrole nitrogens is 1. The lowest BCUT2D eigenvalue weighted by molar-refractivity contribution is 0.0586. The first-order valence-electron chi connectivity index (χ1n) is 8.20. The number of ether oxygens (including phenoxy) is 2. The second-order valence-electron chi connectivity index (χ2n) is 5.65. The molecule has 142 valence electrons. The normalized spacial score (nSPS) is 9.93. The molecular formula is C19H22N4O4. The highest BCUT2D eigenvalue weighted by molar-refractivity contribution is 5.87. The van der Waals surface area contributed by atoms with Gasteiger partial charge in [-0.2, -0.15) is 0 Å². The molecule has 0 bridgehead atoms. The summed E-state index contributed by atoms with van der Waals surface area (Å²) in [6.45, 7) is 4.35. The topological polar surface area (TPSA) is 99.1 Å². The van der Waals surface area contributed by atoms with Gasteiger partial charge in [-0.1, -0.05) is 30.3 Å². The molecule has 8 nitrogen and oxygen atoms in total. The van der Waals surface area contributed by atoms with Crippen LogP contribution in [0, 0.1) is 13.8 Å². The van der Waals surface area contributed by atoms with Gasteiger partial charge in [-0.3, -0.25) is 0 Å². The van der Waals surface area contributed by atoms with Crippen molar-refractivity contribution in [1.82, 2.24) is 19.5 Å². The third-order valence-electron chi connectivity index (χ3n) is 3.67. The van der Waals surface area contributed by atoms with Gasteiger partial charge < -0.3 is 19.0 Å². The second-order valence-corrected chi connectivity index (χ2v) is 5.65. The standard InChI is InChI=1S/C13H14N2O2.C6H8N2O2/c1-10-14-12(13(16)17-2)9-15(10)8-11-6-4-3-5-7-11;1-4-7-3-5(8-4)6(9)10-2/h3-7,9H,8H2,1-2H3;3H,1-2H3,(H,7,8). The Bertz CT molecular complexity index is 900. The summed E-state index contributed by atoms with van der Waals surface area (Å²) in [7, 11) is 2.69. The lowest BCUT2D eigenvalue weighted by atomic mass is 10.2. The average Bonchev–Trinajstić information content (AvgIpc) is 3.28. The smallest absolute Gasteiger partial charge is 0.358 e. The monoisotopic (exact) mass is 370 g/mol. The summed E-state index contributed by atoms with van der Waals surface area (Å²) in [6.07, 6.45) is 3.16. The lowest BCUT2D eigenvalue weighted by Crippen LogP contribution is -2.01. The fourth-order valence-corrected chi connectivity index (χ4v) is 2.29. The van der Waals surface area contributed by atoms with E-state index in [0.717, 1.165) is 5.82 Å². The number of hydrogen-bond acceptors (Lipinski definition) is 6. The van der Waals surface area contributed by atoms with Gasteiger partial charge in [0.15, 0.2) is 5.69 Å². The number of aryl methyl sites for hydroxylation is 2. The molecule has 0 radical (unpaired) electrons. The highest BCUT2D eigenvalue weighted by Gasteiger charge is 2.12. The van der Waals surface area contributed by atoms with Gasteiger partial charge in [0.25, 0.3) is 0 Å². The van der Waals surface area contributed by atoms with Crippen LogP contribution in [0.4, 0.5) is 0 Å². The van der Waals surface area contributed by atoms with Crippen LogP contribution in [-0.4, -0.2) is 45.7 Å². The van der Waals surface area contributed by atoms with Crippen LogP contribution in [0.5, 0.6) is 0 Å². The molecule has 0 amide bonds. The quantitative estimate of drug-likeness (QED) is 0.709. The van der Waals surface area contributed by atoms with Gasteiger partial charge in [-0.15, -0.1) is 0 Å². The van der Waals surface area contributed by atoms with Crippen LogP contribution in [-0.2, 0) is 16.0 Å². The number of aromatic amines is 1. The van der Waals surface area contributed by atoms with Crippen molar-refractivity contribution in [2.45, 2.75) is 20.4 Å². The van der Waals surface area contributed by atoms with Gasteiger partial charge in [0, 0.05) is 12.7 Å². The van der Waals surface area contributed by atoms with Crippen LogP contribution in [0.3, 0.4) is 0 Å². The largest absolute Gasteiger partial charge is 0.464 e. The van der Waals surface area contributed by atoms with Gasteiger partial charge in [0.2, 0.25) is 0 Å². The summed E-state index contributed by atoms with van der Waals surface area (Å²) < 4.78 is 11.0. The van der Waals surface area contributed by atoms with Crippen molar-refractivity contribution in [2.75, 3.05) is 14.2 Å². The van der Waals surface area contributed by atoms with E-state index in [1.165, 1.54) is 26.0 Å². The molecule has 0 saturated carbocycles. The van der Waals surface area contributed by atoms with E-state index in [4.69, 9.17) is 0 Å². The van der Waals surface area contributed by atoms with Crippen molar-refractivity contribution >= 4 is 11.9 Å². The third-order valence-corrected chi connectivity index (χ3v) is 3.67. The van der Waals surface area contributed by atoms with Crippen molar-refractivity contribution in [3.63, 3.8) is 0 Å². The summed E-state index contributed by atoms with van der Waals surface area (Å²) in [4.78, 5) is 32.8. The molecule has 0 aliphatic rings. The van der Waals surface area contributed by atoms with Crippen LogP contribution < -0.4 is 0 Å². The van der Waals surface area contributed by atoms with Crippen molar-refractivity contribution in [2.24, 2.45) is 0 Å². The Balaban J connectivity index is 0.000000223. The number of esters is 2. The van der Waals surface area contributed by atoms with Crippen molar-refractivity contribution < 1.29 is 19.1 Å². The van der Waals surface area contributed by atoms with E-state index in [0.29, 0.717) is 23.8 Å². The van der Waals surface area contributed by atoms with E-state index >= 15 is 0 Å². The zero-order chi connectivity index (χ0) is 19.8. The van der Waals surface area contributed by atoms with Crippen LogP contribution in [0.2, 0.25) is 0 Å². The second kappa shape index (κ2) is 9.33. The van der Waals surface area contributed by atoms with Crippen LogP contribution in [0.25, 0.3) is 0 Å². The number of methoxy groups -OCH3 is 2. The highest BCUT2D eigenvalue weighted by atomic mass is 16.5. The summed E-state index contributed by atoms with van der Waals surface area (Å²) in [5.41, 5.74) is 1.91. The van der Waals surface area contributed by atoms with Crippen LogP contribution in [0.1, 0.15) is 38.2 Å². The number of carbonyl (C=O) groups excluding carboxylic acids is 2. The molecule has 0 atom stereocenters. The number of nitrogens with zero attached hydrogens (tertiary/aromatic N) is 3. The lowest BCUT2D eigenvalue weighted by Gasteiger charge is -2.03. The molecule has 3 aromatic rings. The molecule has 2 heterocycles.